The van der Waals surface area contributed by atoms with Gasteiger partial charge < -0.3 is 10.6 Å². The topological polar surface area (TPSA) is 46.3 Å². The Morgan fingerprint density at radius 1 is 1.14 bits per heavy atom. The minimum atomic E-state index is -0.142. The van der Waals surface area contributed by atoms with Crippen LogP contribution in [0.2, 0.25) is 10.0 Å². The van der Waals surface area contributed by atoms with Crippen LogP contribution in [-0.2, 0) is 11.2 Å². The fourth-order valence-corrected chi connectivity index (χ4v) is 2.64. The van der Waals surface area contributed by atoms with Gasteiger partial charge >= 0.3 is 0 Å². The number of halogens is 2. The molecule has 1 unspecified atom stereocenters. The van der Waals surface area contributed by atoms with Gasteiger partial charge in [-0.3, -0.25) is 4.79 Å². The molecule has 0 aliphatic rings. The van der Waals surface area contributed by atoms with E-state index in [-0.39, 0.29) is 18.4 Å². The Morgan fingerprint density at radius 2 is 1.82 bits per heavy atom. The second-order valence-corrected chi connectivity index (χ2v) is 5.91. The first-order valence-electron chi connectivity index (χ1n) is 6.97. The summed E-state index contributed by atoms with van der Waals surface area (Å²) in [5.74, 6) is -0.0160. The molecule has 2 N–H and O–H groups in total. The molecule has 5 heteroatoms. The summed E-state index contributed by atoms with van der Waals surface area (Å²) in [5.41, 5.74) is 7.70. The highest BCUT2D eigenvalue weighted by Crippen LogP contribution is 2.24. The third kappa shape index (κ3) is 4.01. The van der Waals surface area contributed by atoms with Crippen LogP contribution in [0, 0.1) is 0 Å². The van der Waals surface area contributed by atoms with Gasteiger partial charge in [0.05, 0.1) is 22.5 Å². The molecular weight excluding hydrogens is 319 g/mol. The van der Waals surface area contributed by atoms with Crippen molar-refractivity contribution in [2.45, 2.75) is 12.5 Å². The van der Waals surface area contributed by atoms with Crippen LogP contribution in [0.4, 0.5) is 0 Å². The molecule has 1 atom stereocenters. The van der Waals surface area contributed by atoms with E-state index in [1.54, 1.807) is 30.1 Å². The molecule has 1 amide bonds. The van der Waals surface area contributed by atoms with E-state index in [0.29, 0.717) is 16.6 Å². The van der Waals surface area contributed by atoms with Crippen LogP contribution in [0.25, 0.3) is 0 Å². The van der Waals surface area contributed by atoms with Crippen LogP contribution in [-0.4, -0.2) is 24.4 Å². The second kappa shape index (κ2) is 7.63. The van der Waals surface area contributed by atoms with Crippen molar-refractivity contribution in [3.63, 3.8) is 0 Å². The number of carbonyl (C=O) groups is 1. The first kappa shape index (κ1) is 16.8. The Labute approximate surface area is 140 Å². The zero-order valence-corrected chi connectivity index (χ0v) is 13.8. The molecule has 0 radical (unpaired) electrons. The molecule has 3 nitrogen and oxygen atoms in total. The molecule has 2 aromatic carbocycles. The van der Waals surface area contributed by atoms with E-state index < -0.39 is 0 Å². The fraction of sp³-hybridized carbons (Fsp3) is 0.235. The van der Waals surface area contributed by atoms with Gasteiger partial charge in [0.1, 0.15) is 0 Å². The molecule has 0 heterocycles. The SMILES string of the molecule is CN(C(=O)Cc1ccc(Cl)c(Cl)c1)C(CN)c1ccccc1. The Morgan fingerprint density at radius 3 is 2.41 bits per heavy atom. The number of amides is 1. The van der Waals surface area contributed by atoms with Crippen molar-refractivity contribution in [3.8, 4) is 0 Å². The van der Waals surface area contributed by atoms with Crippen molar-refractivity contribution in [2.75, 3.05) is 13.6 Å². The van der Waals surface area contributed by atoms with Gasteiger partial charge in [-0.1, -0.05) is 59.6 Å². The van der Waals surface area contributed by atoms with Gasteiger partial charge in [0.15, 0.2) is 0 Å². The summed E-state index contributed by atoms with van der Waals surface area (Å²) < 4.78 is 0. The van der Waals surface area contributed by atoms with Gasteiger partial charge in [-0.2, -0.15) is 0 Å². The first-order chi connectivity index (χ1) is 10.5. The number of carbonyl (C=O) groups excluding carboxylic acids is 1. The number of likely N-dealkylation sites (N-methyl/N-ethyl adjacent to an activating group) is 1. The fourth-order valence-electron chi connectivity index (χ4n) is 2.32. The number of benzene rings is 2. The van der Waals surface area contributed by atoms with E-state index in [0.717, 1.165) is 11.1 Å². The summed E-state index contributed by atoms with van der Waals surface area (Å²) in [7, 11) is 1.77. The maximum Gasteiger partial charge on any atom is 0.227 e. The van der Waals surface area contributed by atoms with Crippen molar-refractivity contribution in [1.29, 1.82) is 0 Å². The van der Waals surface area contributed by atoms with E-state index in [1.165, 1.54) is 0 Å². The molecule has 2 aromatic rings. The zero-order valence-electron chi connectivity index (χ0n) is 12.3. The molecule has 0 saturated carbocycles. The van der Waals surface area contributed by atoms with Crippen LogP contribution in [0.1, 0.15) is 17.2 Å². The summed E-state index contributed by atoms with van der Waals surface area (Å²) in [5, 5.41) is 0.934. The highest BCUT2D eigenvalue weighted by atomic mass is 35.5. The van der Waals surface area contributed by atoms with E-state index in [9.17, 15) is 4.79 Å². The van der Waals surface area contributed by atoms with Gasteiger partial charge in [-0.05, 0) is 23.3 Å². The Hall–Kier alpha value is -1.55. The maximum atomic E-state index is 12.5. The van der Waals surface area contributed by atoms with Crippen molar-refractivity contribution in [2.24, 2.45) is 5.73 Å². The molecule has 0 aromatic heterocycles. The molecule has 116 valence electrons. The van der Waals surface area contributed by atoms with Crippen molar-refractivity contribution < 1.29 is 4.79 Å². The smallest absolute Gasteiger partial charge is 0.227 e. The molecule has 0 fully saturated rings. The lowest BCUT2D eigenvalue weighted by Gasteiger charge is -2.27. The number of nitrogens with zero attached hydrogens (tertiary/aromatic N) is 1. The highest BCUT2D eigenvalue weighted by molar-refractivity contribution is 6.42. The lowest BCUT2D eigenvalue weighted by atomic mass is 10.0. The number of hydrogen-bond acceptors (Lipinski definition) is 2. The minimum Gasteiger partial charge on any atom is -0.337 e. The average Bonchev–Trinajstić information content (AvgIpc) is 2.52. The molecule has 22 heavy (non-hydrogen) atoms. The van der Waals surface area contributed by atoms with Gasteiger partial charge in [0.2, 0.25) is 5.91 Å². The first-order valence-corrected chi connectivity index (χ1v) is 7.73. The summed E-state index contributed by atoms with van der Waals surface area (Å²) in [6.07, 6.45) is 0.261. The largest absolute Gasteiger partial charge is 0.337 e. The third-order valence-electron chi connectivity index (χ3n) is 3.61. The van der Waals surface area contributed by atoms with Crippen LogP contribution < -0.4 is 5.73 Å². The molecule has 0 saturated heterocycles. The van der Waals surface area contributed by atoms with E-state index in [2.05, 4.69) is 0 Å². The van der Waals surface area contributed by atoms with Crippen LogP contribution in [0.5, 0.6) is 0 Å². The van der Waals surface area contributed by atoms with Crippen LogP contribution in [0.15, 0.2) is 48.5 Å². The van der Waals surface area contributed by atoms with Crippen LogP contribution in [0.3, 0.4) is 0 Å². The lowest BCUT2D eigenvalue weighted by Crippen LogP contribution is -2.36. The molecule has 0 aliphatic heterocycles. The van der Waals surface area contributed by atoms with Gasteiger partial charge in [0.25, 0.3) is 0 Å². The normalized spacial score (nSPS) is 12.0. The minimum absolute atomic E-state index is 0.0160. The summed E-state index contributed by atoms with van der Waals surface area (Å²) >= 11 is 11.9. The monoisotopic (exact) mass is 336 g/mol. The molecule has 2 rings (SSSR count). The number of nitrogens with two attached hydrogens (primary N) is 1. The number of hydrogen-bond donors (Lipinski definition) is 1. The van der Waals surface area contributed by atoms with Crippen molar-refractivity contribution >= 4 is 29.1 Å². The summed E-state index contributed by atoms with van der Waals surface area (Å²) in [6, 6.07) is 14.8. The van der Waals surface area contributed by atoms with Gasteiger partial charge in [0, 0.05) is 13.6 Å². The molecular formula is C17H18Cl2N2O. The third-order valence-corrected chi connectivity index (χ3v) is 4.35. The predicted octanol–water partition coefficient (Wildman–Crippen LogP) is 3.69. The Balaban J connectivity index is 2.12. The van der Waals surface area contributed by atoms with Gasteiger partial charge in [-0.25, -0.2) is 0 Å². The predicted molar refractivity (Wildman–Crippen MR) is 91.2 cm³/mol. The maximum absolute atomic E-state index is 12.5. The Bertz CT molecular complexity index is 646. The second-order valence-electron chi connectivity index (χ2n) is 5.09. The standard InChI is InChI=1S/C17H18Cl2N2O/c1-21(16(11-20)13-5-3-2-4-6-13)17(22)10-12-7-8-14(18)15(19)9-12/h2-9,16H,10-11,20H2,1H3. The lowest BCUT2D eigenvalue weighted by molar-refractivity contribution is -0.131. The van der Waals surface area contributed by atoms with E-state index >= 15 is 0 Å². The van der Waals surface area contributed by atoms with Crippen LogP contribution >= 0.6 is 23.2 Å². The zero-order chi connectivity index (χ0) is 16.1. The summed E-state index contributed by atoms with van der Waals surface area (Å²) in [4.78, 5) is 14.2. The Kier molecular flexibility index (Phi) is 5.83. The van der Waals surface area contributed by atoms with E-state index in [4.69, 9.17) is 28.9 Å². The molecule has 0 spiro atoms. The van der Waals surface area contributed by atoms with E-state index in [1.807, 2.05) is 30.3 Å². The number of rotatable bonds is 5. The highest BCUT2D eigenvalue weighted by Gasteiger charge is 2.20. The molecule has 0 bridgehead atoms. The average molecular weight is 337 g/mol. The summed E-state index contributed by atoms with van der Waals surface area (Å²) in [6.45, 7) is 0.369. The van der Waals surface area contributed by atoms with Gasteiger partial charge in [-0.15, -0.1) is 0 Å². The quantitative estimate of drug-likeness (QED) is 0.904. The van der Waals surface area contributed by atoms with Crippen molar-refractivity contribution in [1.82, 2.24) is 4.90 Å². The molecule has 0 aliphatic carbocycles. The van der Waals surface area contributed by atoms with Crippen molar-refractivity contribution in [3.05, 3.63) is 69.7 Å².